The number of hydrogen-bond acceptors (Lipinski definition) is 3. The van der Waals surface area contributed by atoms with Gasteiger partial charge in [-0.1, -0.05) is 35.9 Å². The number of fused-ring (bicyclic) bond motifs is 1. The number of piperazine rings is 1. The van der Waals surface area contributed by atoms with E-state index in [0.717, 1.165) is 42.3 Å². The molecule has 6 heteroatoms. The number of amides is 2. The van der Waals surface area contributed by atoms with Crippen LogP contribution in [-0.4, -0.2) is 48.9 Å². The van der Waals surface area contributed by atoms with E-state index in [1.54, 1.807) is 0 Å². The van der Waals surface area contributed by atoms with E-state index in [-0.39, 0.29) is 17.9 Å². The minimum absolute atomic E-state index is 0.123. The Morgan fingerprint density at radius 2 is 1.71 bits per heavy atom. The largest absolute Gasteiger partial charge is 0.368 e. The molecule has 2 aromatic carbocycles. The molecule has 2 amide bonds. The van der Waals surface area contributed by atoms with Crippen LogP contribution in [0.3, 0.4) is 0 Å². The second kappa shape index (κ2) is 9.73. The fraction of sp³-hybridized carbons (Fsp3) is 0.440. The van der Waals surface area contributed by atoms with Crippen molar-refractivity contribution in [1.82, 2.24) is 4.90 Å². The van der Waals surface area contributed by atoms with Crippen LogP contribution < -0.4 is 9.80 Å². The molecule has 0 saturated carbocycles. The Hall–Kier alpha value is -2.53. The summed E-state index contributed by atoms with van der Waals surface area (Å²) in [5.74, 6) is 0.267. The van der Waals surface area contributed by atoms with Gasteiger partial charge >= 0.3 is 0 Å². The predicted octanol–water partition coefficient (Wildman–Crippen LogP) is 4.53. The van der Waals surface area contributed by atoms with Gasteiger partial charge in [0.05, 0.1) is 0 Å². The van der Waals surface area contributed by atoms with Gasteiger partial charge in [0.1, 0.15) is 0 Å². The summed E-state index contributed by atoms with van der Waals surface area (Å²) in [6, 6.07) is 16.2. The number of nitrogens with zero attached hydrogens (tertiary/aromatic N) is 3. The molecule has 4 rings (SSSR count). The SMILES string of the molecule is C[C@H]1CCc2ccccc2N1C(=O)CCCC(=O)N1CCN(c2cccc(Cl)c2)CC1. The molecular formula is C25H30ClN3O2. The average Bonchev–Trinajstić information content (AvgIpc) is 2.79. The van der Waals surface area contributed by atoms with E-state index < -0.39 is 0 Å². The van der Waals surface area contributed by atoms with E-state index in [4.69, 9.17) is 11.6 Å². The second-order valence-corrected chi connectivity index (χ2v) is 8.92. The van der Waals surface area contributed by atoms with Crippen molar-refractivity contribution >= 4 is 34.8 Å². The molecule has 0 aromatic heterocycles. The van der Waals surface area contributed by atoms with Crippen molar-refractivity contribution in [3.05, 3.63) is 59.1 Å². The third-order valence-corrected chi connectivity index (χ3v) is 6.61. The fourth-order valence-electron chi connectivity index (χ4n) is 4.62. The summed E-state index contributed by atoms with van der Waals surface area (Å²) in [5, 5.41) is 0.728. The van der Waals surface area contributed by atoms with Gasteiger partial charge < -0.3 is 14.7 Å². The van der Waals surface area contributed by atoms with Crippen molar-refractivity contribution in [3.63, 3.8) is 0 Å². The fourth-order valence-corrected chi connectivity index (χ4v) is 4.81. The number of para-hydroxylation sites is 1. The van der Waals surface area contributed by atoms with Crippen LogP contribution in [-0.2, 0) is 16.0 Å². The maximum atomic E-state index is 12.9. The topological polar surface area (TPSA) is 43.9 Å². The maximum Gasteiger partial charge on any atom is 0.227 e. The number of carbonyl (C=O) groups is 2. The zero-order valence-electron chi connectivity index (χ0n) is 18.1. The molecule has 1 fully saturated rings. The predicted molar refractivity (Wildman–Crippen MR) is 126 cm³/mol. The lowest BCUT2D eigenvalue weighted by atomic mass is 9.96. The Labute approximate surface area is 189 Å². The van der Waals surface area contributed by atoms with Gasteiger partial charge in [-0.2, -0.15) is 0 Å². The van der Waals surface area contributed by atoms with Crippen LogP contribution in [0.1, 0.15) is 38.2 Å². The highest BCUT2D eigenvalue weighted by Gasteiger charge is 2.28. The highest BCUT2D eigenvalue weighted by Crippen LogP contribution is 2.31. The molecule has 1 atom stereocenters. The standard InChI is InChI=1S/C25H30ClN3O2/c1-19-12-13-20-6-2-3-9-23(20)29(19)25(31)11-5-10-24(30)28-16-14-27(15-17-28)22-8-4-7-21(26)18-22/h2-4,6-9,18-19H,5,10-17H2,1H3/t19-/m0/s1. The molecule has 5 nitrogen and oxygen atoms in total. The zero-order chi connectivity index (χ0) is 21.8. The minimum atomic E-state index is 0.123. The second-order valence-electron chi connectivity index (χ2n) is 8.48. The number of halogens is 1. The number of benzene rings is 2. The molecule has 1 saturated heterocycles. The quantitative estimate of drug-likeness (QED) is 0.687. The van der Waals surface area contributed by atoms with Gasteiger partial charge in [0.25, 0.3) is 0 Å². The lowest BCUT2D eigenvalue weighted by Crippen LogP contribution is -2.48. The van der Waals surface area contributed by atoms with Crippen molar-refractivity contribution in [3.8, 4) is 0 Å². The van der Waals surface area contributed by atoms with Gasteiger partial charge in [-0.15, -0.1) is 0 Å². The highest BCUT2D eigenvalue weighted by molar-refractivity contribution is 6.30. The first kappa shape index (κ1) is 21.7. The lowest BCUT2D eigenvalue weighted by molar-refractivity contribution is -0.131. The van der Waals surface area contributed by atoms with E-state index in [2.05, 4.69) is 24.0 Å². The van der Waals surface area contributed by atoms with E-state index in [1.165, 1.54) is 5.56 Å². The molecule has 0 bridgehead atoms. The molecule has 2 aromatic rings. The molecular weight excluding hydrogens is 410 g/mol. The summed E-state index contributed by atoms with van der Waals surface area (Å²) < 4.78 is 0. The molecule has 0 spiro atoms. The molecule has 0 radical (unpaired) electrons. The van der Waals surface area contributed by atoms with Gasteiger partial charge in [-0.05, 0) is 56.0 Å². The third-order valence-electron chi connectivity index (χ3n) is 6.38. The molecule has 164 valence electrons. The van der Waals surface area contributed by atoms with Crippen molar-refractivity contribution in [2.45, 2.75) is 45.1 Å². The number of hydrogen-bond donors (Lipinski definition) is 0. The Bertz CT molecular complexity index is 940. The van der Waals surface area contributed by atoms with Crippen LogP contribution in [0.25, 0.3) is 0 Å². The van der Waals surface area contributed by atoms with E-state index in [1.807, 2.05) is 46.2 Å². The van der Waals surface area contributed by atoms with Crippen molar-refractivity contribution in [2.24, 2.45) is 0 Å². The summed E-state index contributed by atoms with van der Waals surface area (Å²) in [4.78, 5) is 31.7. The first-order valence-electron chi connectivity index (χ1n) is 11.2. The first-order chi connectivity index (χ1) is 15.0. The summed E-state index contributed by atoms with van der Waals surface area (Å²) in [6.45, 7) is 5.12. The Balaban J connectivity index is 1.25. The van der Waals surface area contributed by atoms with E-state index >= 15 is 0 Å². The highest BCUT2D eigenvalue weighted by atomic mass is 35.5. The normalized spacial score (nSPS) is 18.6. The summed E-state index contributed by atoms with van der Waals surface area (Å²) in [7, 11) is 0. The van der Waals surface area contributed by atoms with Crippen molar-refractivity contribution in [1.29, 1.82) is 0 Å². The first-order valence-corrected chi connectivity index (χ1v) is 11.6. The Morgan fingerprint density at radius 3 is 2.48 bits per heavy atom. The molecule has 0 unspecified atom stereocenters. The number of aryl methyl sites for hydroxylation is 1. The molecule has 2 heterocycles. The summed E-state index contributed by atoms with van der Waals surface area (Å²) in [6.07, 6.45) is 3.43. The maximum absolute atomic E-state index is 12.9. The third kappa shape index (κ3) is 5.04. The molecule has 2 aliphatic rings. The Kier molecular flexibility index (Phi) is 6.81. The van der Waals surface area contributed by atoms with Crippen LogP contribution >= 0.6 is 11.6 Å². The van der Waals surface area contributed by atoms with Crippen LogP contribution in [0.4, 0.5) is 11.4 Å². The summed E-state index contributed by atoms with van der Waals surface area (Å²) >= 11 is 6.10. The van der Waals surface area contributed by atoms with E-state index in [9.17, 15) is 9.59 Å². The molecule has 0 N–H and O–H groups in total. The van der Waals surface area contributed by atoms with Crippen molar-refractivity contribution in [2.75, 3.05) is 36.0 Å². The summed E-state index contributed by atoms with van der Waals surface area (Å²) in [5.41, 5.74) is 3.37. The minimum Gasteiger partial charge on any atom is -0.368 e. The van der Waals surface area contributed by atoms with Gasteiger partial charge in [-0.25, -0.2) is 0 Å². The van der Waals surface area contributed by atoms with Crippen molar-refractivity contribution < 1.29 is 9.59 Å². The van der Waals surface area contributed by atoms with Gasteiger partial charge in [0.2, 0.25) is 11.8 Å². The number of carbonyl (C=O) groups excluding carboxylic acids is 2. The van der Waals surface area contributed by atoms with Crippen LogP contribution in [0, 0.1) is 0 Å². The van der Waals surface area contributed by atoms with Gasteiger partial charge in [0, 0.05) is 61.5 Å². The average molecular weight is 440 g/mol. The molecule has 31 heavy (non-hydrogen) atoms. The van der Waals surface area contributed by atoms with E-state index in [0.29, 0.717) is 32.4 Å². The van der Waals surface area contributed by atoms with Gasteiger partial charge in [0.15, 0.2) is 0 Å². The van der Waals surface area contributed by atoms with Crippen LogP contribution in [0.15, 0.2) is 48.5 Å². The van der Waals surface area contributed by atoms with Gasteiger partial charge in [-0.3, -0.25) is 9.59 Å². The lowest BCUT2D eigenvalue weighted by Gasteiger charge is -2.36. The monoisotopic (exact) mass is 439 g/mol. The van der Waals surface area contributed by atoms with Crippen LogP contribution in [0.5, 0.6) is 0 Å². The zero-order valence-corrected chi connectivity index (χ0v) is 18.9. The van der Waals surface area contributed by atoms with Crippen LogP contribution in [0.2, 0.25) is 5.02 Å². The molecule has 2 aliphatic heterocycles. The number of rotatable bonds is 5. The Morgan fingerprint density at radius 1 is 0.968 bits per heavy atom. The number of anilines is 2. The molecule has 0 aliphatic carbocycles. The smallest absolute Gasteiger partial charge is 0.227 e.